The smallest absolute Gasteiger partial charge is 0.321 e. The number of rotatable bonds is 4. The van der Waals surface area contributed by atoms with E-state index in [-0.39, 0.29) is 12.0 Å². The number of aromatic nitrogens is 2. The molecule has 0 radical (unpaired) electrons. The minimum Gasteiger partial charge on any atom is -0.497 e. The third-order valence-electron chi connectivity index (χ3n) is 2.09. The monoisotopic (exact) mass is 236 g/mol. The van der Waals surface area contributed by atoms with Crippen LogP contribution < -0.4 is 20.5 Å². The van der Waals surface area contributed by atoms with E-state index >= 15 is 0 Å². The molecule has 0 aliphatic heterocycles. The summed E-state index contributed by atoms with van der Waals surface area (Å²) in [5, 5.41) is 10.1. The Morgan fingerprint density at radius 2 is 2.06 bits per heavy atom. The van der Waals surface area contributed by atoms with Gasteiger partial charge < -0.3 is 24.9 Å². The first kappa shape index (κ1) is 11.1. The summed E-state index contributed by atoms with van der Waals surface area (Å²) in [5.74, 6) is 1.31. The van der Waals surface area contributed by atoms with Crippen molar-refractivity contribution in [1.29, 1.82) is 0 Å². The molecule has 1 aromatic carbocycles. The lowest BCUT2D eigenvalue weighted by Crippen LogP contribution is -1.96. The largest absolute Gasteiger partial charge is 0.497 e. The molecule has 0 spiro atoms. The summed E-state index contributed by atoms with van der Waals surface area (Å²) < 4.78 is 15.3. The van der Waals surface area contributed by atoms with Gasteiger partial charge in [-0.3, -0.25) is 0 Å². The van der Waals surface area contributed by atoms with Gasteiger partial charge in [-0.2, -0.15) is 0 Å². The molecule has 0 amide bonds. The van der Waals surface area contributed by atoms with E-state index in [4.69, 9.17) is 19.6 Å². The molecule has 0 unspecified atom stereocenters. The zero-order chi connectivity index (χ0) is 12.3. The summed E-state index contributed by atoms with van der Waals surface area (Å²) in [5.41, 5.74) is 5.97. The molecule has 0 saturated carbocycles. The van der Waals surface area contributed by atoms with Crippen LogP contribution in [0, 0.1) is 0 Å². The van der Waals surface area contributed by atoms with Crippen LogP contribution in [0.5, 0.6) is 11.5 Å². The van der Waals surface area contributed by atoms with Crippen molar-refractivity contribution in [2.45, 2.75) is 0 Å². The lowest BCUT2D eigenvalue weighted by molar-refractivity contribution is 0.404. The average molecular weight is 236 g/mol. The highest BCUT2D eigenvalue weighted by Crippen LogP contribution is 2.31. The first-order valence-electron chi connectivity index (χ1n) is 4.81. The second kappa shape index (κ2) is 4.60. The Balaban J connectivity index is 2.29. The van der Waals surface area contributed by atoms with Gasteiger partial charge in [-0.15, -0.1) is 0 Å². The number of nitrogens with two attached hydrogens (primary N) is 1. The van der Waals surface area contributed by atoms with E-state index in [9.17, 15) is 0 Å². The van der Waals surface area contributed by atoms with Crippen LogP contribution in [0.1, 0.15) is 0 Å². The number of hydrogen-bond donors (Lipinski definition) is 2. The lowest BCUT2D eigenvalue weighted by atomic mass is 10.2. The highest BCUT2D eigenvalue weighted by Gasteiger charge is 2.09. The minimum absolute atomic E-state index is 0.00522. The Morgan fingerprint density at radius 3 is 2.65 bits per heavy atom. The van der Waals surface area contributed by atoms with Crippen molar-refractivity contribution in [1.82, 2.24) is 10.2 Å². The number of nitrogens with zero attached hydrogens (tertiary/aromatic N) is 2. The summed E-state index contributed by atoms with van der Waals surface area (Å²) in [4.78, 5) is 0. The average Bonchev–Trinajstić information content (AvgIpc) is 2.74. The number of anilines is 3. The van der Waals surface area contributed by atoms with Gasteiger partial charge in [0.1, 0.15) is 11.5 Å². The van der Waals surface area contributed by atoms with Crippen LogP contribution >= 0.6 is 0 Å². The molecule has 0 fully saturated rings. The van der Waals surface area contributed by atoms with Crippen molar-refractivity contribution in [2.75, 3.05) is 25.3 Å². The van der Waals surface area contributed by atoms with Crippen LogP contribution in [0.25, 0.3) is 0 Å². The van der Waals surface area contributed by atoms with E-state index in [0.29, 0.717) is 17.2 Å². The first-order valence-corrected chi connectivity index (χ1v) is 4.81. The number of nitrogens with one attached hydrogen (secondary N) is 1. The Hall–Kier alpha value is -2.44. The van der Waals surface area contributed by atoms with E-state index in [0.717, 1.165) is 0 Å². The number of hydrogen-bond acceptors (Lipinski definition) is 7. The standard InChI is InChI=1S/C10H12N4O3/c1-15-6-3-4-8(16-2)7(5-6)12-10-14-13-9(11)17-10/h3-5H,1-2H3,(H2,11,13)(H,12,14). The summed E-state index contributed by atoms with van der Waals surface area (Å²) in [7, 11) is 3.14. The summed E-state index contributed by atoms with van der Waals surface area (Å²) >= 11 is 0. The molecule has 90 valence electrons. The van der Waals surface area contributed by atoms with Crippen LogP contribution in [0.3, 0.4) is 0 Å². The maximum absolute atomic E-state index is 5.32. The van der Waals surface area contributed by atoms with Gasteiger partial charge in [-0.25, -0.2) is 0 Å². The zero-order valence-electron chi connectivity index (χ0n) is 9.43. The van der Waals surface area contributed by atoms with Crippen LogP contribution in [0.2, 0.25) is 0 Å². The SMILES string of the molecule is COc1ccc(OC)c(Nc2nnc(N)o2)c1. The van der Waals surface area contributed by atoms with E-state index in [2.05, 4.69) is 15.5 Å². The predicted molar refractivity (Wildman–Crippen MR) is 61.5 cm³/mol. The highest BCUT2D eigenvalue weighted by atomic mass is 16.5. The van der Waals surface area contributed by atoms with Crippen LogP contribution in [0.4, 0.5) is 17.7 Å². The van der Waals surface area contributed by atoms with E-state index < -0.39 is 0 Å². The fourth-order valence-electron chi connectivity index (χ4n) is 1.31. The molecule has 7 nitrogen and oxygen atoms in total. The van der Waals surface area contributed by atoms with Crippen LogP contribution in [-0.4, -0.2) is 24.4 Å². The molecular weight excluding hydrogens is 224 g/mol. The Morgan fingerprint density at radius 1 is 1.24 bits per heavy atom. The van der Waals surface area contributed by atoms with Crippen molar-refractivity contribution >= 4 is 17.7 Å². The molecule has 3 N–H and O–H groups in total. The normalized spacial score (nSPS) is 10.0. The maximum Gasteiger partial charge on any atom is 0.321 e. The summed E-state index contributed by atoms with van der Waals surface area (Å²) in [6.45, 7) is 0. The molecule has 2 rings (SSSR count). The second-order valence-electron chi connectivity index (χ2n) is 3.14. The molecule has 7 heteroatoms. The fourth-order valence-corrected chi connectivity index (χ4v) is 1.31. The molecule has 17 heavy (non-hydrogen) atoms. The molecular formula is C10H12N4O3. The van der Waals surface area contributed by atoms with Crippen LogP contribution in [-0.2, 0) is 0 Å². The van der Waals surface area contributed by atoms with Crippen LogP contribution in [0.15, 0.2) is 22.6 Å². The zero-order valence-corrected chi connectivity index (χ0v) is 9.43. The Bertz CT molecular complexity index is 512. The minimum atomic E-state index is -0.00522. The van der Waals surface area contributed by atoms with Gasteiger partial charge in [0.15, 0.2) is 0 Å². The second-order valence-corrected chi connectivity index (χ2v) is 3.14. The lowest BCUT2D eigenvalue weighted by Gasteiger charge is -2.09. The van der Waals surface area contributed by atoms with Gasteiger partial charge in [-0.1, -0.05) is 10.2 Å². The number of ether oxygens (including phenoxy) is 2. The van der Waals surface area contributed by atoms with Crippen molar-refractivity contribution in [3.63, 3.8) is 0 Å². The van der Waals surface area contributed by atoms with Crippen molar-refractivity contribution in [3.8, 4) is 11.5 Å². The third kappa shape index (κ3) is 2.39. The van der Waals surface area contributed by atoms with Gasteiger partial charge in [-0.05, 0) is 12.1 Å². The Labute approximate surface area is 97.5 Å². The first-order chi connectivity index (χ1) is 8.22. The summed E-state index contributed by atoms with van der Waals surface area (Å²) in [6.07, 6.45) is 0. The van der Waals surface area contributed by atoms with Crippen molar-refractivity contribution < 1.29 is 13.9 Å². The van der Waals surface area contributed by atoms with Gasteiger partial charge >= 0.3 is 12.0 Å². The molecule has 0 saturated heterocycles. The van der Waals surface area contributed by atoms with Crippen molar-refractivity contribution in [3.05, 3.63) is 18.2 Å². The Kier molecular flexibility index (Phi) is 2.99. The van der Waals surface area contributed by atoms with E-state index in [1.54, 1.807) is 32.4 Å². The molecule has 1 heterocycles. The quantitative estimate of drug-likeness (QED) is 0.828. The van der Waals surface area contributed by atoms with Gasteiger partial charge in [0.2, 0.25) is 0 Å². The van der Waals surface area contributed by atoms with Gasteiger partial charge in [0.05, 0.1) is 19.9 Å². The topological polar surface area (TPSA) is 95.4 Å². The number of methoxy groups -OCH3 is 2. The molecule has 0 bridgehead atoms. The van der Waals surface area contributed by atoms with E-state index in [1.807, 2.05) is 0 Å². The maximum atomic E-state index is 5.32. The van der Waals surface area contributed by atoms with Crippen molar-refractivity contribution in [2.24, 2.45) is 0 Å². The molecule has 0 atom stereocenters. The summed E-state index contributed by atoms with van der Waals surface area (Å²) in [6, 6.07) is 5.48. The number of benzene rings is 1. The highest BCUT2D eigenvalue weighted by molar-refractivity contribution is 5.64. The molecule has 1 aromatic heterocycles. The molecule has 2 aromatic rings. The number of nitrogen functional groups attached to an aromatic ring is 1. The third-order valence-corrected chi connectivity index (χ3v) is 2.09. The van der Waals surface area contributed by atoms with Gasteiger partial charge in [0.25, 0.3) is 0 Å². The fraction of sp³-hybridized carbons (Fsp3) is 0.200. The van der Waals surface area contributed by atoms with E-state index in [1.165, 1.54) is 0 Å². The molecule has 0 aliphatic rings. The predicted octanol–water partition coefficient (Wildman–Crippen LogP) is 1.41. The molecule has 0 aliphatic carbocycles. The van der Waals surface area contributed by atoms with Gasteiger partial charge in [0, 0.05) is 6.07 Å².